The number of hydrogen-bond acceptors (Lipinski definition) is 7. The molecule has 0 bridgehead atoms. The summed E-state index contributed by atoms with van der Waals surface area (Å²) in [5.74, 6) is 1.07. The van der Waals surface area contributed by atoms with E-state index in [-0.39, 0.29) is 5.91 Å². The standard InChI is InChI=1S/C15H17N7O2/c1-9(15-17-11(3)20-24-15)16-14(23)10(2)22-19-13(18-21-22)12-7-5-4-6-8-12/h4-10H,1-3H3,(H,16,23)/t9-,10-/m0/s1. The Morgan fingerprint density at radius 2 is 2.00 bits per heavy atom. The van der Waals surface area contributed by atoms with E-state index >= 15 is 0 Å². The predicted octanol–water partition coefficient (Wildman–Crippen LogP) is 1.47. The first-order valence-corrected chi connectivity index (χ1v) is 7.50. The number of tetrazole rings is 1. The fourth-order valence-electron chi connectivity index (χ4n) is 2.08. The lowest BCUT2D eigenvalue weighted by molar-refractivity contribution is -0.125. The average molecular weight is 327 g/mol. The quantitative estimate of drug-likeness (QED) is 0.755. The highest BCUT2D eigenvalue weighted by molar-refractivity contribution is 5.79. The molecule has 0 aliphatic carbocycles. The summed E-state index contributed by atoms with van der Waals surface area (Å²) >= 11 is 0. The molecular formula is C15H17N7O2. The third kappa shape index (κ3) is 3.29. The van der Waals surface area contributed by atoms with Crippen molar-refractivity contribution in [2.75, 3.05) is 0 Å². The maximum Gasteiger partial charge on any atom is 0.248 e. The zero-order valence-corrected chi connectivity index (χ0v) is 13.5. The molecule has 0 fully saturated rings. The number of hydrogen-bond donors (Lipinski definition) is 1. The summed E-state index contributed by atoms with van der Waals surface area (Å²) in [5.41, 5.74) is 0.839. The summed E-state index contributed by atoms with van der Waals surface area (Å²) < 4.78 is 5.05. The van der Waals surface area contributed by atoms with Crippen LogP contribution in [0.4, 0.5) is 0 Å². The molecule has 24 heavy (non-hydrogen) atoms. The van der Waals surface area contributed by atoms with E-state index in [0.29, 0.717) is 17.5 Å². The van der Waals surface area contributed by atoms with Gasteiger partial charge in [-0.15, -0.1) is 10.2 Å². The second kappa shape index (κ2) is 6.57. The molecule has 2 aromatic heterocycles. The molecule has 1 amide bonds. The minimum absolute atomic E-state index is 0.268. The number of carbonyl (C=O) groups excluding carboxylic acids is 1. The van der Waals surface area contributed by atoms with Crippen molar-refractivity contribution in [3.8, 4) is 11.4 Å². The lowest BCUT2D eigenvalue weighted by atomic mass is 10.2. The molecule has 0 saturated carbocycles. The van der Waals surface area contributed by atoms with Crippen LogP contribution in [0.25, 0.3) is 11.4 Å². The maximum atomic E-state index is 12.4. The van der Waals surface area contributed by atoms with E-state index < -0.39 is 12.1 Å². The van der Waals surface area contributed by atoms with Crippen molar-refractivity contribution in [1.29, 1.82) is 0 Å². The van der Waals surface area contributed by atoms with E-state index in [1.165, 1.54) is 4.80 Å². The summed E-state index contributed by atoms with van der Waals surface area (Å²) in [7, 11) is 0. The zero-order chi connectivity index (χ0) is 17.1. The van der Waals surface area contributed by atoms with E-state index in [0.717, 1.165) is 5.56 Å². The summed E-state index contributed by atoms with van der Waals surface area (Å²) in [4.78, 5) is 17.7. The normalized spacial score (nSPS) is 13.5. The first-order valence-electron chi connectivity index (χ1n) is 7.50. The van der Waals surface area contributed by atoms with E-state index in [1.807, 2.05) is 30.3 Å². The summed E-state index contributed by atoms with van der Waals surface area (Å²) in [6.07, 6.45) is 0. The third-order valence-electron chi connectivity index (χ3n) is 3.46. The number of rotatable bonds is 5. The molecule has 0 radical (unpaired) electrons. The van der Waals surface area contributed by atoms with Gasteiger partial charge >= 0.3 is 0 Å². The first kappa shape index (κ1) is 15.8. The Balaban J connectivity index is 1.69. The average Bonchev–Trinajstić information content (AvgIpc) is 3.24. The topological polar surface area (TPSA) is 112 Å². The van der Waals surface area contributed by atoms with Gasteiger partial charge in [0.25, 0.3) is 0 Å². The van der Waals surface area contributed by atoms with Crippen LogP contribution in [0.15, 0.2) is 34.9 Å². The smallest absolute Gasteiger partial charge is 0.248 e. The minimum Gasteiger partial charge on any atom is -0.343 e. The van der Waals surface area contributed by atoms with Crippen molar-refractivity contribution in [2.24, 2.45) is 0 Å². The molecular weight excluding hydrogens is 310 g/mol. The lowest BCUT2D eigenvalue weighted by Crippen LogP contribution is -2.34. The molecule has 0 aliphatic rings. The summed E-state index contributed by atoms with van der Waals surface area (Å²) in [5, 5.41) is 18.7. The largest absolute Gasteiger partial charge is 0.343 e. The highest BCUT2D eigenvalue weighted by atomic mass is 16.5. The molecule has 0 spiro atoms. The zero-order valence-electron chi connectivity index (χ0n) is 13.5. The van der Waals surface area contributed by atoms with Crippen LogP contribution < -0.4 is 5.32 Å². The molecule has 0 unspecified atom stereocenters. The van der Waals surface area contributed by atoms with Crippen molar-refractivity contribution in [3.63, 3.8) is 0 Å². The van der Waals surface area contributed by atoms with Crippen LogP contribution in [0.2, 0.25) is 0 Å². The number of benzene rings is 1. The molecule has 3 rings (SSSR count). The number of aryl methyl sites for hydroxylation is 1. The number of amides is 1. The third-order valence-corrected chi connectivity index (χ3v) is 3.46. The molecule has 9 nitrogen and oxygen atoms in total. The van der Waals surface area contributed by atoms with Crippen LogP contribution in [-0.4, -0.2) is 36.3 Å². The van der Waals surface area contributed by atoms with Crippen LogP contribution >= 0.6 is 0 Å². The van der Waals surface area contributed by atoms with Gasteiger partial charge in [-0.2, -0.15) is 9.78 Å². The Bertz CT molecular complexity index is 827. The molecule has 0 aliphatic heterocycles. The summed E-state index contributed by atoms with van der Waals surface area (Å²) in [6, 6.07) is 8.42. The van der Waals surface area contributed by atoms with Crippen LogP contribution in [0, 0.1) is 6.92 Å². The lowest BCUT2D eigenvalue weighted by Gasteiger charge is -2.13. The first-order chi connectivity index (χ1) is 11.5. The van der Waals surface area contributed by atoms with Gasteiger partial charge in [-0.3, -0.25) is 4.79 Å². The van der Waals surface area contributed by atoms with Gasteiger partial charge in [-0.05, 0) is 26.0 Å². The van der Waals surface area contributed by atoms with Gasteiger partial charge in [-0.25, -0.2) is 0 Å². The molecule has 2 atom stereocenters. The van der Waals surface area contributed by atoms with E-state index in [2.05, 4.69) is 30.9 Å². The molecule has 1 aromatic carbocycles. The van der Waals surface area contributed by atoms with Crippen molar-refractivity contribution in [3.05, 3.63) is 42.0 Å². The Morgan fingerprint density at radius 1 is 1.25 bits per heavy atom. The van der Waals surface area contributed by atoms with Crippen molar-refractivity contribution in [1.82, 2.24) is 35.7 Å². The summed E-state index contributed by atoms with van der Waals surface area (Å²) in [6.45, 7) is 5.17. The maximum absolute atomic E-state index is 12.4. The molecule has 124 valence electrons. The number of nitrogens with zero attached hydrogens (tertiary/aromatic N) is 6. The van der Waals surface area contributed by atoms with E-state index in [9.17, 15) is 4.79 Å². The molecule has 9 heteroatoms. The number of carbonyl (C=O) groups is 1. The molecule has 2 heterocycles. The Hall–Kier alpha value is -3.10. The number of aromatic nitrogens is 6. The molecule has 3 aromatic rings. The van der Waals surface area contributed by atoms with Crippen LogP contribution in [0.5, 0.6) is 0 Å². The van der Waals surface area contributed by atoms with Gasteiger partial charge in [0.1, 0.15) is 12.1 Å². The Kier molecular flexibility index (Phi) is 4.32. The second-order valence-electron chi connectivity index (χ2n) is 5.39. The SMILES string of the molecule is Cc1noc([C@H](C)NC(=O)[C@H](C)n2nnc(-c3ccccc3)n2)n1. The van der Waals surface area contributed by atoms with Crippen LogP contribution in [0.1, 0.15) is 37.6 Å². The Morgan fingerprint density at radius 3 is 2.67 bits per heavy atom. The molecule has 0 saturated heterocycles. The molecule has 1 N–H and O–H groups in total. The van der Waals surface area contributed by atoms with Gasteiger partial charge < -0.3 is 9.84 Å². The number of nitrogens with one attached hydrogen (secondary N) is 1. The second-order valence-corrected chi connectivity index (χ2v) is 5.39. The van der Waals surface area contributed by atoms with Gasteiger partial charge in [0.2, 0.25) is 17.6 Å². The van der Waals surface area contributed by atoms with E-state index in [4.69, 9.17) is 4.52 Å². The van der Waals surface area contributed by atoms with Gasteiger partial charge in [0.15, 0.2) is 5.82 Å². The van der Waals surface area contributed by atoms with Crippen molar-refractivity contribution >= 4 is 5.91 Å². The fourth-order valence-corrected chi connectivity index (χ4v) is 2.08. The predicted molar refractivity (Wildman–Crippen MR) is 83.6 cm³/mol. The van der Waals surface area contributed by atoms with Crippen LogP contribution in [0.3, 0.4) is 0 Å². The monoisotopic (exact) mass is 327 g/mol. The van der Waals surface area contributed by atoms with Gasteiger partial charge in [0.05, 0.1) is 0 Å². The highest BCUT2D eigenvalue weighted by Gasteiger charge is 2.22. The van der Waals surface area contributed by atoms with Gasteiger partial charge in [0, 0.05) is 5.56 Å². The van der Waals surface area contributed by atoms with E-state index in [1.54, 1.807) is 20.8 Å². The van der Waals surface area contributed by atoms with Crippen LogP contribution in [-0.2, 0) is 4.79 Å². The fraction of sp³-hybridized carbons (Fsp3) is 0.333. The highest BCUT2D eigenvalue weighted by Crippen LogP contribution is 2.15. The van der Waals surface area contributed by atoms with Crippen molar-refractivity contribution in [2.45, 2.75) is 32.9 Å². The minimum atomic E-state index is -0.624. The Labute approximate surface area is 138 Å². The van der Waals surface area contributed by atoms with Crippen molar-refractivity contribution < 1.29 is 9.32 Å². The van der Waals surface area contributed by atoms with Gasteiger partial charge in [-0.1, -0.05) is 35.5 Å².